The quantitative estimate of drug-likeness (QED) is 0.746. The minimum absolute atomic E-state index is 0.219. The summed E-state index contributed by atoms with van der Waals surface area (Å²) in [5.41, 5.74) is -0.585. The molecule has 19 heavy (non-hydrogen) atoms. The molecule has 1 fully saturated rings. The second-order valence-electron chi connectivity index (χ2n) is 6.14. The van der Waals surface area contributed by atoms with Gasteiger partial charge in [-0.3, -0.25) is 4.79 Å². The van der Waals surface area contributed by atoms with Crippen LogP contribution in [0.15, 0.2) is 0 Å². The number of hydrogen-bond acceptors (Lipinski definition) is 3. The molecule has 1 aliphatic heterocycles. The molecule has 0 aliphatic carbocycles. The van der Waals surface area contributed by atoms with Crippen molar-refractivity contribution in [2.75, 3.05) is 19.6 Å². The fourth-order valence-corrected chi connectivity index (χ4v) is 3.03. The van der Waals surface area contributed by atoms with Crippen LogP contribution in [0.2, 0.25) is 0 Å². The second-order valence-corrected chi connectivity index (χ2v) is 6.14. The lowest BCUT2D eigenvalue weighted by atomic mass is 9.84. The minimum Gasteiger partial charge on any atom is -0.481 e. The summed E-state index contributed by atoms with van der Waals surface area (Å²) in [5, 5.41) is 19.3. The van der Waals surface area contributed by atoms with Gasteiger partial charge in [0.15, 0.2) is 0 Å². The number of piperidine rings is 1. The number of likely N-dealkylation sites (tertiary alicyclic amines) is 1. The highest BCUT2D eigenvalue weighted by Gasteiger charge is 2.31. The van der Waals surface area contributed by atoms with Crippen molar-refractivity contribution < 1.29 is 15.0 Å². The maximum Gasteiger partial charge on any atom is 0.303 e. The smallest absolute Gasteiger partial charge is 0.303 e. The fraction of sp³-hybridized carbons (Fsp3) is 0.933. The highest BCUT2D eigenvalue weighted by Crippen LogP contribution is 2.28. The first-order chi connectivity index (χ1) is 8.90. The van der Waals surface area contributed by atoms with Crippen LogP contribution >= 0.6 is 0 Å². The molecule has 0 spiro atoms. The van der Waals surface area contributed by atoms with E-state index in [1.54, 1.807) is 0 Å². The summed E-state index contributed by atoms with van der Waals surface area (Å²) < 4.78 is 0. The van der Waals surface area contributed by atoms with E-state index in [9.17, 15) is 9.90 Å². The highest BCUT2D eigenvalue weighted by atomic mass is 16.4. The van der Waals surface area contributed by atoms with Crippen LogP contribution in [0.25, 0.3) is 0 Å². The van der Waals surface area contributed by atoms with E-state index in [1.165, 1.54) is 0 Å². The van der Waals surface area contributed by atoms with Crippen LogP contribution in [-0.2, 0) is 4.79 Å². The molecule has 112 valence electrons. The number of aliphatic carboxylic acids is 1. The molecule has 0 aromatic heterocycles. The number of carboxylic acid groups (broad SMARTS) is 1. The van der Waals surface area contributed by atoms with Crippen LogP contribution in [0.5, 0.6) is 0 Å². The van der Waals surface area contributed by atoms with Crippen LogP contribution in [0, 0.1) is 11.8 Å². The molecular formula is C15H29NO3. The van der Waals surface area contributed by atoms with Gasteiger partial charge in [0.1, 0.15) is 0 Å². The van der Waals surface area contributed by atoms with Crippen molar-refractivity contribution in [2.45, 2.75) is 58.5 Å². The standard InChI is InChI=1S/C15H29NO3/c1-4-15(19,5-2)11-16-8-6-7-13(10-16)12(3)9-14(17)18/h12-13,19H,4-11H2,1-3H3,(H,17,18). The van der Waals surface area contributed by atoms with Gasteiger partial charge in [-0.25, -0.2) is 0 Å². The summed E-state index contributed by atoms with van der Waals surface area (Å²) >= 11 is 0. The average Bonchev–Trinajstić information content (AvgIpc) is 2.38. The van der Waals surface area contributed by atoms with Crippen molar-refractivity contribution in [1.29, 1.82) is 0 Å². The van der Waals surface area contributed by atoms with Gasteiger partial charge in [-0.2, -0.15) is 0 Å². The molecule has 4 nitrogen and oxygen atoms in total. The normalized spacial score (nSPS) is 23.3. The van der Waals surface area contributed by atoms with Crippen molar-refractivity contribution >= 4 is 5.97 Å². The van der Waals surface area contributed by atoms with Crippen molar-refractivity contribution in [3.8, 4) is 0 Å². The van der Waals surface area contributed by atoms with E-state index in [0.29, 0.717) is 5.92 Å². The Kier molecular flexibility index (Phi) is 6.27. The summed E-state index contributed by atoms with van der Waals surface area (Å²) in [6.45, 7) is 8.76. The van der Waals surface area contributed by atoms with Gasteiger partial charge >= 0.3 is 5.97 Å². The van der Waals surface area contributed by atoms with Gasteiger partial charge in [-0.1, -0.05) is 20.8 Å². The van der Waals surface area contributed by atoms with E-state index in [2.05, 4.69) is 4.90 Å². The van der Waals surface area contributed by atoms with E-state index >= 15 is 0 Å². The lowest BCUT2D eigenvalue weighted by Gasteiger charge is -2.39. The van der Waals surface area contributed by atoms with Crippen molar-refractivity contribution in [2.24, 2.45) is 11.8 Å². The van der Waals surface area contributed by atoms with Crippen LogP contribution in [-0.4, -0.2) is 46.3 Å². The molecule has 1 rings (SSSR count). The summed E-state index contributed by atoms with van der Waals surface area (Å²) in [6, 6.07) is 0. The zero-order valence-corrected chi connectivity index (χ0v) is 12.6. The Morgan fingerprint density at radius 2 is 2.05 bits per heavy atom. The molecule has 1 aliphatic rings. The van der Waals surface area contributed by atoms with Crippen molar-refractivity contribution in [3.05, 3.63) is 0 Å². The van der Waals surface area contributed by atoms with E-state index in [-0.39, 0.29) is 12.3 Å². The van der Waals surface area contributed by atoms with Crippen LogP contribution in [0.4, 0.5) is 0 Å². The molecule has 0 aromatic rings. The Hall–Kier alpha value is -0.610. The topological polar surface area (TPSA) is 60.8 Å². The van der Waals surface area contributed by atoms with Crippen LogP contribution in [0.1, 0.15) is 52.9 Å². The predicted octanol–water partition coefficient (Wildman–Crippen LogP) is 2.36. The number of nitrogens with zero attached hydrogens (tertiary/aromatic N) is 1. The summed E-state index contributed by atoms with van der Waals surface area (Å²) in [7, 11) is 0. The van der Waals surface area contributed by atoms with Crippen LogP contribution in [0.3, 0.4) is 0 Å². The van der Waals surface area contributed by atoms with E-state index in [4.69, 9.17) is 5.11 Å². The Morgan fingerprint density at radius 1 is 1.42 bits per heavy atom. The molecule has 0 amide bonds. The Balaban J connectivity index is 2.52. The Bertz CT molecular complexity index is 289. The maximum atomic E-state index is 10.8. The van der Waals surface area contributed by atoms with Gasteiger partial charge in [0, 0.05) is 19.5 Å². The monoisotopic (exact) mass is 271 g/mol. The Morgan fingerprint density at radius 3 is 2.58 bits per heavy atom. The van der Waals surface area contributed by atoms with Gasteiger partial charge in [0.25, 0.3) is 0 Å². The maximum absolute atomic E-state index is 10.8. The first-order valence-corrected chi connectivity index (χ1v) is 7.56. The Labute approximate surface area is 116 Å². The number of β-amino-alcohol motifs (C(OH)–C–C–N with tert-alkyl or cyclic N) is 1. The SMILES string of the molecule is CCC(O)(CC)CN1CCCC(C(C)CC(=O)O)C1. The molecule has 4 heteroatoms. The molecule has 1 heterocycles. The minimum atomic E-state index is -0.705. The van der Waals surface area contributed by atoms with Crippen molar-refractivity contribution in [1.82, 2.24) is 4.90 Å². The number of carboxylic acids is 1. The van der Waals surface area contributed by atoms with E-state index < -0.39 is 11.6 Å². The zero-order valence-electron chi connectivity index (χ0n) is 12.6. The molecular weight excluding hydrogens is 242 g/mol. The number of carbonyl (C=O) groups is 1. The van der Waals surface area contributed by atoms with Gasteiger partial charge in [0.2, 0.25) is 0 Å². The van der Waals surface area contributed by atoms with Crippen LogP contribution < -0.4 is 0 Å². The fourth-order valence-electron chi connectivity index (χ4n) is 3.03. The predicted molar refractivity (Wildman–Crippen MR) is 76.1 cm³/mol. The lowest BCUT2D eigenvalue weighted by molar-refractivity contribution is -0.138. The third-order valence-corrected chi connectivity index (χ3v) is 4.68. The highest BCUT2D eigenvalue weighted by molar-refractivity contribution is 5.67. The van der Waals surface area contributed by atoms with Gasteiger partial charge in [-0.05, 0) is 44.1 Å². The zero-order chi connectivity index (χ0) is 14.5. The molecule has 0 bridgehead atoms. The number of hydrogen-bond donors (Lipinski definition) is 2. The molecule has 1 saturated heterocycles. The largest absolute Gasteiger partial charge is 0.481 e. The van der Waals surface area contributed by atoms with E-state index in [1.807, 2.05) is 20.8 Å². The number of aliphatic hydroxyl groups is 1. The summed E-state index contributed by atoms with van der Waals surface area (Å²) in [6.07, 6.45) is 4.02. The van der Waals surface area contributed by atoms with Gasteiger partial charge < -0.3 is 15.1 Å². The number of rotatable bonds is 7. The van der Waals surface area contributed by atoms with Crippen molar-refractivity contribution in [3.63, 3.8) is 0 Å². The lowest BCUT2D eigenvalue weighted by Crippen LogP contribution is -2.47. The van der Waals surface area contributed by atoms with Gasteiger partial charge in [-0.15, -0.1) is 0 Å². The molecule has 2 unspecified atom stereocenters. The second kappa shape index (κ2) is 7.25. The van der Waals surface area contributed by atoms with Gasteiger partial charge in [0.05, 0.1) is 5.60 Å². The molecule has 2 N–H and O–H groups in total. The molecule has 0 radical (unpaired) electrons. The first kappa shape index (κ1) is 16.4. The third-order valence-electron chi connectivity index (χ3n) is 4.68. The van der Waals surface area contributed by atoms with E-state index in [0.717, 1.165) is 45.3 Å². The molecule has 0 saturated carbocycles. The average molecular weight is 271 g/mol. The summed E-state index contributed by atoms with van der Waals surface area (Å²) in [4.78, 5) is 13.1. The third kappa shape index (κ3) is 5.11. The first-order valence-electron chi connectivity index (χ1n) is 7.56. The molecule has 2 atom stereocenters. The molecule has 0 aromatic carbocycles. The summed E-state index contributed by atoms with van der Waals surface area (Å²) in [5.74, 6) is -0.0392.